The van der Waals surface area contributed by atoms with Crippen molar-refractivity contribution in [1.29, 1.82) is 0 Å². The van der Waals surface area contributed by atoms with Crippen molar-refractivity contribution in [2.24, 2.45) is 11.7 Å². The van der Waals surface area contributed by atoms with Gasteiger partial charge in [-0.15, -0.1) is 10.2 Å². The van der Waals surface area contributed by atoms with Crippen LogP contribution in [0.1, 0.15) is 18.4 Å². The number of nitrogens with zero attached hydrogens (tertiary/aromatic N) is 5. The van der Waals surface area contributed by atoms with Crippen molar-refractivity contribution in [3.05, 3.63) is 54.4 Å². The maximum absolute atomic E-state index is 12.8. The van der Waals surface area contributed by atoms with Crippen molar-refractivity contribution < 1.29 is 9.59 Å². The van der Waals surface area contributed by atoms with Gasteiger partial charge in [0.15, 0.2) is 11.0 Å². The fourth-order valence-corrected chi connectivity index (χ4v) is 4.58. The SMILES string of the molecule is Cc1ccccc1-n1c(SCC(=O)N2CCCC(C(N)=O)C2)nnc1-c1ccncc1. The fraction of sp³-hybridized carbons (Fsp3) is 0.318. The molecule has 9 heteroatoms. The maximum atomic E-state index is 12.8. The first kappa shape index (κ1) is 21.0. The molecule has 1 atom stereocenters. The first-order chi connectivity index (χ1) is 15.0. The number of hydrogen-bond donors (Lipinski definition) is 1. The average Bonchev–Trinajstić information content (AvgIpc) is 3.22. The number of amides is 2. The third-order valence-electron chi connectivity index (χ3n) is 5.43. The van der Waals surface area contributed by atoms with Gasteiger partial charge >= 0.3 is 0 Å². The number of thioether (sulfide) groups is 1. The van der Waals surface area contributed by atoms with E-state index in [1.54, 1.807) is 17.3 Å². The first-order valence-corrected chi connectivity index (χ1v) is 11.1. The molecule has 2 N–H and O–H groups in total. The molecule has 8 nitrogen and oxygen atoms in total. The minimum absolute atomic E-state index is 0.0271. The molecule has 1 fully saturated rings. The van der Waals surface area contributed by atoms with Crippen LogP contribution in [0.15, 0.2) is 53.9 Å². The minimum Gasteiger partial charge on any atom is -0.369 e. The summed E-state index contributed by atoms with van der Waals surface area (Å²) in [5.41, 5.74) is 8.37. The van der Waals surface area contributed by atoms with Gasteiger partial charge in [-0.05, 0) is 43.5 Å². The molecular formula is C22H24N6O2S. The van der Waals surface area contributed by atoms with E-state index < -0.39 is 0 Å². The van der Waals surface area contributed by atoms with Crippen molar-refractivity contribution >= 4 is 23.6 Å². The molecule has 2 amide bonds. The van der Waals surface area contributed by atoms with Crippen molar-refractivity contribution in [3.8, 4) is 17.1 Å². The summed E-state index contributed by atoms with van der Waals surface area (Å²) >= 11 is 1.34. The Labute approximate surface area is 184 Å². The largest absolute Gasteiger partial charge is 0.369 e. The average molecular weight is 437 g/mol. The van der Waals surface area contributed by atoms with Crippen LogP contribution >= 0.6 is 11.8 Å². The van der Waals surface area contributed by atoms with E-state index >= 15 is 0 Å². The zero-order chi connectivity index (χ0) is 21.8. The highest BCUT2D eigenvalue weighted by atomic mass is 32.2. The molecule has 0 bridgehead atoms. The van der Waals surface area contributed by atoms with Crippen molar-refractivity contribution in [2.75, 3.05) is 18.8 Å². The van der Waals surface area contributed by atoms with Crippen LogP contribution in [0.5, 0.6) is 0 Å². The Morgan fingerprint density at radius 2 is 1.94 bits per heavy atom. The van der Waals surface area contributed by atoms with E-state index in [1.807, 2.05) is 47.9 Å². The molecule has 0 radical (unpaired) electrons. The van der Waals surface area contributed by atoms with Crippen molar-refractivity contribution in [3.63, 3.8) is 0 Å². The van der Waals surface area contributed by atoms with Crippen LogP contribution in [0, 0.1) is 12.8 Å². The van der Waals surface area contributed by atoms with Gasteiger partial charge in [-0.25, -0.2) is 0 Å². The van der Waals surface area contributed by atoms with Gasteiger partial charge in [0.2, 0.25) is 11.8 Å². The Bertz CT molecular complexity index is 1080. The highest BCUT2D eigenvalue weighted by Crippen LogP contribution is 2.29. The smallest absolute Gasteiger partial charge is 0.233 e. The van der Waals surface area contributed by atoms with Crippen LogP contribution < -0.4 is 5.73 Å². The van der Waals surface area contributed by atoms with E-state index in [9.17, 15) is 9.59 Å². The second-order valence-electron chi connectivity index (χ2n) is 7.53. The lowest BCUT2D eigenvalue weighted by Crippen LogP contribution is -2.44. The summed E-state index contributed by atoms with van der Waals surface area (Å²) in [5.74, 6) is 0.272. The number of hydrogen-bond acceptors (Lipinski definition) is 6. The van der Waals surface area contributed by atoms with E-state index in [1.165, 1.54) is 11.8 Å². The molecule has 1 unspecified atom stereocenters. The molecule has 1 aliphatic heterocycles. The molecule has 1 aliphatic rings. The molecule has 3 heterocycles. The Kier molecular flexibility index (Phi) is 6.31. The number of primary amides is 1. The molecule has 4 rings (SSSR count). The van der Waals surface area contributed by atoms with Gasteiger partial charge in [0.1, 0.15) is 0 Å². The highest BCUT2D eigenvalue weighted by molar-refractivity contribution is 7.99. The Morgan fingerprint density at radius 1 is 1.16 bits per heavy atom. The molecule has 0 saturated carbocycles. The first-order valence-electron chi connectivity index (χ1n) is 10.2. The van der Waals surface area contributed by atoms with Gasteiger partial charge < -0.3 is 10.6 Å². The van der Waals surface area contributed by atoms with Crippen LogP contribution in [0.2, 0.25) is 0 Å². The number of piperidine rings is 1. The monoisotopic (exact) mass is 436 g/mol. The lowest BCUT2D eigenvalue weighted by molar-refractivity contribution is -0.132. The fourth-order valence-electron chi connectivity index (χ4n) is 3.74. The van der Waals surface area contributed by atoms with Crippen molar-refractivity contribution in [2.45, 2.75) is 24.9 Å². The normalized spacial score (nSPS) is 16.3. The quantitative estimate of drug-likeness (QED) is 0.595. The summed E-state index contributed by atoms with van der Waals surface area (Å²) in [6.07, 6.45) is 4.96. The molecule has 0 spiro atoms. The molecule has 2 aromatic heterocycles. The van der Waals surface area contributed by atoms with Gasteiger partial charge in [-0.2, -0.15) is 0 Å². The maximum Gasteiger partial charge on any atom is 0.233 e. The molecule has 1 saturated heterocycles. The topological polar surface area (TPSA) is 107 Å². The molecule has 0 aliphatic carbocycles. The van der Waals surface area contributed by atoms with Gasteiger partial charge in [-0.1, -0.05) is 30.0 Å². The van der Waals surface area contributed by atoms with Crippen LogP contribution in [0.3, 0.4) is 0 Å². The zero-order valence-corrected chi connectivity index (χ0v) is 18.1. The van der Waals surface area contributed by atoms with Crippen molar-refractivity contribution in [1.82, 2.24) is 24.6 Å². The number of para-hydroxylation sites is 1. The number of rotatable bonds is 6. The van der Waals surface area contributed by atoms with E-state index in [0.717, 1.165) is 29.7 Å². The molecule has 3 aromatic rings. The van der Waals surface area contributed by atoms with Crippen LogP contribution in [-0.4, -0.2) is 55.3 Å². The van der Waals surface area contributed by atoms with Gasteiger partial charge in [0, 0.05) is 31.0 Å². The number of likely N-dealkylation sites (tertiary alicyclic amines) is 1. The summed E-state index contributed by atoms with van der Waals surface area (Å²) < 4.78 is 1.98. The van der Waals surface area contributed by atoms with Crippen LogP contribution in [0.4, 0.5) is 0 Å². The number of aromatic nitrogens is 4. The lowest BCUT2D eigenvalue weighted by atomic mass is 9.97. The summed E-state index contributed by atoms with van der Waals surface area (Å²) in [6, 6.07) is 11.8. The summed E-state index contributed by atoms with van der Waals surface area (Å²) in [5, 5.41) is 9.43. The Balaban J connectivity index is 1.59. The third-order valence-corrected chi connectivity index (χ3v) is 6.34. The van der Waals surface area contributed by atoms with Crippen LogP contribution in [-0.2, 0) is 9.59 Å². The minimum atomic E-state index is -0.341. The molecule has 31 heavy (non-hydrogen) atoms. The van der Waals surface area contributed by atoms with Crippen LogP contribution in [0.25, 0.3) is 17.1 Å². The second kappa shape index (κ2) is 9.30. The van der Waals surface area contributed by atoms with Gasteiger partial charge in [0.25, 0.3) is 0 Å². The van der Waals surface area contributed by atoms with E-state index in [-0.39, 0.29) is 23.5 Å². The predicted molar refractivity (Wildman–Crippen MR) is 119 cm³/mol. The lowest BCUT2D eigenvalue weighted by Gasteiger charge is -2.31. The summed E-state index contributed by atoms with van der Waals surface area (Å²) in [4.78, 5) is 30.2. The highest BCUT2D eigenvalue weighted by Gasteiger charge is 2.27. The predicted octanol–water partition coefficient (Wildman–Crippen LogP) is 2.45. The molecule has 160 valence electrons. The number of carbonyl (C=O) groups is 2. The van der Waals surface area contributed by atoms with Gasteiger partial charge in [-0.3, -0.25) is 19.1 Å². The standard InChI is InChI=1S/C22H24N6O2S/c1-15-5-2-3-7-18(15)28-21(16-8-10-24-11-9-16)25-26-22(28)31-14-19(29)27-12-4-6-17(13-27)20(23)30/h2-3,5,7-11,17H,4,6,12-14H2,1H3,(H2,23,30). The Hall–Kier alpha value is -3.20. The molecule has 1 aromatic carbocycles. The van der Waals surface area contributed by atoms with E-state index in [4.69, 9.17) is 5.73 Å². The second-order valence-corrected chi connectivity index (χ2v) is 8.48. The number of aryl methyl sites for hydroxylation is 1. The number of pyridine rings is 1. The van der Waals surface area contributed by atoms with E-state index in [2.05, 4.69) is 15.2 Å². The third kappa shape index (κ3) is 4.61. The number of benzene rings is 1. The molecular weight excluding hydrogens is 412 g/mol. The Morgan fingerprint density at radius 3 is 2.68 bits per heavy atom. The summed E-state index contributed by atoms with van der Waals surface area (Å²) in [6.45, 7) is 3.07. The zero-order valence-electron chi connectivity index (χ0n) is 17.3. The van der Waals surface area contributed by atoms with Gasteiger partial charge in [0.05, 0.1) is 17.4 Å². The number of nitrogens with two attached hydrogens (primary N) is 1. The van der Waals surface area contributed by atoms with E-state index in [0.29, 0.717) is 24.1 Å². The summed E-state index contributed by atoms with van der Waals surface area (Å²) in [7, 11) is 0. The number of carbonyl (C=O) groups excluding carboxylic acids is 2.